The van der Waals surface area contributed by atoms with Crippen LogP contribution in [-0.2, 0) is 0 Å². The Balaban J connectivity index is 2.55. The van der Waals surface area contributed by atoms with Crippen LogP contribution in [0, 0.1) is 5.92 Å². The number of aliphatic hydroxyl groups excluding tert-OH is 1. The molecule has 0 radical (unpaired) electrons. The van der Waals surface area contributed by atoms with Gasteiger partial charge in [-0.15, -0.1) is 0 Å². The van der Waals surface area contributed by atoms with E-state index in [0.717, 1.165) is 28.7 Å². The molecule has 0 amide bonds. The summed E-state index contributed by atoms with van der Waals surface area (Å²) in [6.45, 7) is 4.78. The summed E-state index contributed by atoms with van der Waals surface area (Å²) in [5.74, 6) is 0.357. The second kappa shape index (κ2) is 6.87. The van der Waals surface area contributed by atoms with Crippen molar-refractivity contribution in [1.82, 2.24) is 0 Å². The van der Waals surface area contributed by atoms with Crippen molar-refractivity contribution in [1.29, 1.82) is 0 Å². The van der Waals surface area contributed by atoms with Gasteiger partial charge in [0.1, 0.15) is 0 Å². The number of nitrogen functional groups attached to an aromatic ring is 1. The predicted octanol–water partition coefficient (Wildman–Crippen LogP) is 3.24. The van der Waals surface area contributed by atoms with Gasteiger partial charge in [0.25, 0.3) is 0 Å². The fourth-order valence-electron chi connectivity index (χ4n) is 1.89. The van der Waals surface area contributed by atoms with Crippen LogP contribution in [0.1, 0.15) is 26.7 Å². The molecule has 1 aromatic rings. The van der Waals surface area contributed by atoms with Gasteiger partial charge in [-0.1, -0.05) is 26.7 Å². The molecule has 0 aliphatic heterocycles. The fourth-order valence-corrected chi connectivity index (χ4v) is 2.43. The molecule has 0 spiro atoms. The number of halogens is 1. The van der Waals surface area contributed by atoms with Crippen LogP contribution in [0.4, 0.5) is 11.4 Å². The first kappa shape index (κ1) is 14.3. The molecule has 17 heavy (non-hydrogen) atoms. The molecule has 4 N–H and O–H groups in total. The minimum atomic E-state index is -0.311. The van der Waals surface area contributed by atoms with Crippen molar-refractivity contribution in [2.24, 2.45) is 5.92 Å². The van der Waals surface area contributed by atoms with Crippen molar-refractivity contribution >= 4 is 27.3 Å². The molecule has 0 aliphatic carbocycles. The van der Waals surface area contributed by atoms with Crippen molar-refractivity contribution in [2.75, 3.05) is 17.6 Å². The number of hydrogen-bond donors (Lipinski definition) is 3. The van der Waals surface area contributed by atoms with Gasteiger partial charge in [0.2, 0.25) is 0 Å². The zero-order valence-corrected chi connectivity index (χ0v) is 12.0. The second-order valence-corrected chi connectivity index (χ2v) is 5.12. The molecule has 96 valence electrons. The number of aliphatic hydroxyl groups is 1. The highest BCUT2D eigenvalue weighted by atomic mass is 79.9. The molecule has 0 saturated carbocycles. The Kier molecular flexibility index (Phi) is 5.78. The standard InChI is InChI=1S/C13H21BrN2O/c1-3-9(4-2)13(17)8-16-12-6-5-10(15)7-11(12)14/h5-7,9,13,16-17H,3-4,8,15H2,1-2H3. The van der Waals surface area contributed by atoms with Crippen molar-refractivity contribution < 1.29 is 5.11 Å². The number of nitrogens with two attached hydrogens (primary N) is 1. The molecular weight excluding hydrogens is 280 g/mol. The Labute approximate surface area is 112 Å². The zero-order chi connectivity index (χ0) is 12.8. The van der Waals surface area contributed by atoms with Crippen LogP contribution in [0.3, 0.4) is 0 Å². The Morgan fingerprint density at radius 1 is 1.35 bits per heavy atom. The van der Waals surface area contributed by atoms with Crippen molar-refractivity contribution in [3.8, 4) is 0 Å². The lowest BCUT2D eigenvalue weighted by Gasteiger charge is -2.21. The molecule has 1 rings (SSSR count). The van der Waals surface area contributed by atoms with Crippen LogP contribution in [0.15, 0.2) is 22.7 Å². The van der Waals surface area contributed by atoms with Crippen molar-refractivity contribution in [3.63, 3.8) is 0 Å². The molecule has 4 heteroatoms. The molecule has 0 heterocycles. The van der Waals surface area contributed by atoms with E-state index in [-0.39, 0.29) is 6.10 Å². The monoisotopic (exact) mass is 300 g/mol. The van der Waals surface area contributed by atoms with Crippen LogP contribution in [0.2, 0.25) is 0 Å². The van der Waals surface area contributed by atoms with Gasteiger partial charge in [-0.05, 0) is 40.0 Å². The molecular formula is C13H21BrN2O. The van der Waals surface area contributed by atoms with Crippen molar-refractivity contribution in [2.45, 2.75) is 32.8 Å². The first-order valence-electron chi connectivity index (χ1n) is 6.05. The molecule has 1 unspecified atom stereocenters. The third kappa shape index (κ3) is 4.21. The Bertz CT molecular complexity index is 353. The van der Waals surface area contributed by atoms with E-state index in [9.17, 15) is 5.11 Å². The molecule has 0 bridgehead atoms. The quantitative estimate of drug-likeness (QED) is 0.707. The summed E-state index contributed by atoms with van der Waals surface area (Å²) >= 11 is 3.44. The summed E-state index contributed by atoms with van der Waals surface area (Å²) in [4.78, 5) is 0. The molecule has 1 aromatic carbocycles. The SMILES string of the molecule is CCC(CC)C(O)CNc1ccc(N)cc1Br. The lowest BCUT2D eigenvalue weighted by molar-refractivity contribution is 0.114. The van der Waals surface area contributed by atoms with Gasteiger partial charge in [-0.3, -0.25) is 0 Å². The van der Waals surface area contributed by atoms with E-state index < -0.39 is 0 Å². The van der Waals surface area contributed by atoms with Gasteiger partial charge < -0.3 is 16.2 Å². The highest BCUT2D eigenvalue weighted by Crippen LogP contribution is 2.25. The second-order valence-electron chi connectivity index (χ2n) is 4.26. The highest BCUT2D eigenvalue weighted by molar-refractivity contribution is 9.10. The number of anilines is 2. The molecule has 0 aliphatic rings. The van der Waals surface area contributed by atoms with E-state index in [1.165, 1.54) is 0 Å². The van der Waals surface area contributed by atoms with Crippen molar-refractivity contribution in [3.05, 3.63) is 22.7 Å². The Morgan fingerprint density at radius 2 is 2.00 bits per heavy atom. The maximum atomic E-state index is 10.0. The molecule has 3 nitrogen and oxygen atoms in total. The van der Waals surface area contributed by atoms with E-state index in [1.807, 2.05) is 18.2 Å². The molecule has 1 atom stereocenters. The summed E-state index contributed by atoms with van der Waals surface area (Å²) in [7, 11) is 0. The van der Waals surface area contributed by atoms with Gasteiger partial charge >= 0.3 is 0 Å². The van der Waals surface area contributed by atoms with Gasteiger partial charge in [-0.2, -0.15) is 0 Å². The van der Waals surface area contributed by atoms with E-state index in [2.05, 4.69) is 35.1 Å². The molecule has 0 saturated heterocycles. The van der Waals surface area contributed by atoms with E-state index in [1.54, 1.807) is 0 Å². The minimum Gasteiger partial charge on any atom is -0.399 e. The summed E-state index contributed by atoms with van der Waals surface area (Å²) < 4.78 is 0.925. The Morgan fingerprint density at radius 3 is 2.53 bits per heavy atom. The minimum absolute atomic E-state index is 0.311. The maximum Gasteiger partial charge on any atom is 0.0740 e. The third-order valence-electron chi connectivity index (χ3n) is 3.09. The number of benzene rings is 1. The summed E-state index contributed by atoms with van der Waals surface area (Å²) in [6.07, 6.45) is 1.69. The zero-order valence-electron chi connectivity index (χ0n) is 10.4. The fraction of sp³-hybridized carbons (Fsp3) is 0.538. The van der Waals surface area contributed by atoms with Gasteiger partial charge in [-0.25, -0.2) is 0 Å². The van der Waals surface area contributed by atoms with Crippen LogP contribution < -0.4 is 11.1 Å². The van der Waals surface area contributed by atoms with Gasteiger partial charge in [0.05, 0.1) is 6.10 Å². The number of hydrogen-bond acceptors (Lipinski definition) is 3. The van der Waals surface area contributed by atoms with Gasteiger partial charge in [0, 0.05) is 22.4 Å². The largest absolute Gasteiger partial charge is 0.399 e. The topological polar surface area (TPSA) is 58.3 Å². The van der Waals surface area contributed by atoms with E-state index >= 15 is 0 Å². The van der Waals surface area contributed by atoms with E-state index in [0.29, 0.717) is 12.5 Å². The predicted molar refractivity (Wildman–Crippen MR) is 77.1 cm³/mol. The third-order valence-corrected chi connectivity index (χ3v) is 3.74. The Hall–Kier alpha value is -0.740. The van der Waals surface area contributed by atoms with Crippen LogP contribution in [0.25, 0.3) is 0 Å². The van der Waals surface area contributed by atoms with Crippen LogP contribution in [0.5, 0.6) is 0 Å². The average Bonchev–Trinajstić information content (AvgIpc) is 2.29. The van der Waals surface area contributed by atoms with Gasteiger partial charge in [0.15, 0.2) is 0 Å². The summed E-state index contributed by atoms with van der Waals surface area (Å²) in [6, 6.07) is 5.61. The number of nitrogens with one attached hydrogen (secondary N) is 1. The maximum absolute atomic E-state index is 10.0. The number of rotatable bonds is 6. The van der Waals surface area contributed by atoms with E-state index in [4.69, 9.17) is 5.73 Å². The smallest absolute Gasteiger partial charge is 0.0740 e. The first-order chi connectivity index (χ1) is 8.08. The molecule has 0 fully saturated rings. The lowest BCUT2D eigenvalue weighted by Crippen LogP contribution is -2.27. The lowest BCUT2D eigenvalue weighted by atomic mass is 9.96. The van der Waals surface area contributed by atoms with Crippen LogP contribution in [-0.4, -0.2) is 17.8 Å². The average molecular weight is 301 g/mol. The van der Waals surface area contributed by atoms with Crippen LogP contribution >= 0.6 is 15.9 Å². The summed E-state index contributed by atoms with van der Waals surface area (Å²) in [5.41, 5.74) is 7.35. The normalized spacial score (nSPS) is 12.8. The molecule has 0 aromatic heterocycles. The first-order valence-corrected chi connectivity index (χ1v) is 6.84. The summed E-state index contributed by atoms with van der Waals surface area (Å²) in [5, 5.41) is 13.2. The highest BCUT2D eigenvalue weighted by Gasteiger charge is 2.15.